The highest BCUT2D eigenvalue weighted by molar-refractivity contribution is 5.85. The predicted molar refractivity (Wildman–Crippen MR) is 18.1 cm³/mol. The molecule has 0 rings (SSSR count). The summed E-state index contributed by atoms with van der Waals surface area (Å²) in [6.45, 7) is 0. The van der Waals surface area contributed by atoms with E-state index in [1.54, 1.807) is 0 Å². The van der Waals surface area contributed by atoms with Gasteiger partial charge < -0.3 is 16.4 Å². The SMILES string of the molecule is Cl.O.O.O. The molecule has 0 radical (unpaired) electrons. The van der Waals surface area contributed by atoms with Crippen LogP contribution < -0.4 is 0 Å². The van der Waals surface area contributed by atoms with Gasteiger partial charge in [-0.25, -0.2) is 0 Å². The normalized spacial score (nSPS) is 0. The van der Waals surface area contributed by atoms with Crippen LogP contribution in [0.5, 0.6) is 0 Å². The zero-order chi connectivity index (χ0) is 0. The van der Waals surface area contributed by atoms with Crippen molar-refractivity contribution in [2.24, 2.45) is 0 Å². The topological polar surface area (TPSA) is 94.5 Å². The van der Waals surface area contributed by atoms with Gasteiger partial charge in [-0.1, -0.05) is 0 Å². The maximum Gasteiger partial charge on any atom is -0.147 e. The Morgan fingerprint density at radius 2 is 0.500 bits per heavy atom. The van der Waals surface area contributed by atoms with E-state index in [2.05, 4.69) is 0 Å². The van der Waals surface area contributed by atoms with Crippen LogP contribution >= 0.6 is 12.4 Å². The first-order valence-corrected chi connectivity index (χ1v) is 0. The largest absolute Gasteiger partial charge is 0.412 e. The van der Waals surface area contributed by atoms with Crippen molar-refractivity contribution in [2.45, 2.75) is 0 Å². The molecule has 3 nitrogen and oxygen atoms in total. The van der Waals surface area contributed by atoms with Crippen LogP contribution in [-0.4, -0.2) is 16.4 Å². The van der Waals surface area contributed by atoms with Gasteiger partial charge >= 0.3 is 0 Å². The van der Waals surface area contributed by atoms with E-state index in [0.29, 0.717) is 0 Å². The molecule has 0 aliphatic rings. The molecule has 0 unspecified atom stereocenters. The lowest BCUT2D eigenvalue weighted by atomic mass is 16.0. The minimum atomic E-state index is 0. The van der Waals surface area contributed by atoms with Crippen LogP contribution in [-0.2, 0) is 0 Å². The van der Waals surface area contributed by atoms with E-state index in [0.717, 1.165) is 0 Å². The molecule has 0 atom stereocenters. The molecular formula is H7ClO3. The third kappa shape index (κ3) is 103. The summed E-state index contributed by atoms with van der Waals surface area (Å²) in [5.74, 6) is 0. The van der Waals surface area contributed by atoms with Gasteiger partial charge in [0.25, 0.3) is 0 Å². The second-order valence-electron chi connectivity index (χ2n) is 0. The average molecular weight is 90.5 g/mol. The van der Waals surface area contributed by atoms with Gasteiger partial charge in [0, 0.05) is 0 Å². The summed E-state index contributed by atoms with van der Waals surface area (Å²) < 4.78 is 0. The molecule has 0 spiro atoms. The summed E-state index contributed by atoms with van der Waals surface area (Å²) in [7, 11) is 0. The lowest BCUT2D eigenvalue weighted by Gasteiger charge is -0.413. The highest BCUT2D eigenvalue weighted by Crippen LogP contribution is 0.690. The van der Waals surface area contributed by atoms with E-state index in [1.165, 1.54) is 0 Å². The zero-order valence-corrected chi connectivity index (χ0v) is 2.72. The van der Waals surface area contributed by atoms with Crippen molar-refractivity contribution >= 4 is 12.4 Å². The highest BCUT2D eigenvalue weighted by Gasteiger charge is -0.147. The standard InChI is InChI=1S/ClH.3H2O/h1H;3*1H2. The summed E-state index contributed by atoms with van der Waals surface area (Å²) in [4.78, 5) is 0. The van der Waals surface area contributed by atoms with Crippen LogP contribution in [0.3, 0.4) is 0 Å². The highest BCUT2D eigenvalue weighted by atomic mass is 35.5. The minimum Gasteiger partial charge on any atom is -0.412 e. The van der Waals surface area contributed by atoms with Gasteiger partial charge in [-0.05, 0) is 0 Å². The molecule has 4 heavy (non-hydrogen) atoms. The molecule has 0 bridgehead atoms. The molecule has 0 saturated heterocycles. The summed E-state index contributed by atoms with van der Waals surface area (Å²) in [5.41, 5.74) is 0. The Balaban J connectivity index is 0. The van der Waals surface area contributed by atoms with E-state index in [1.807, 2.05) is 0 Å². The Hall–Kier alpha value is 0.170. The molecule has 0 aliphatic carbocycles. The molecule has 4 heteroatoms. The molecule has 0 heterocycles. The van der Waals surface area contributed by atoms with Gasteiger partial charge in [-0.3, -0.25) is 0 Å². The van der Waals surface area contributed by atoms with Crippen LogP contribution in [0.4, 0.5) is 0 Å². The van der Waals surface area contributed by atoms with Crippen molar-refractivity contribution in [1.29, 1.82) is 0 Å². The van der Waals surface area contributed by atoms with E-state index in [9.17, 15) is 0 Å². The first-order valence-electron chi connectivity index (χ1n) is 0. The lowest BCUT2D eigenvalue weighted by Crippen LogP contribution is -0.290. The van der Waals surface area contributed by atoms with Crippen LogP contribution in [0, 0.1) is 0 Å². The van der Waals surface area contributed by atoms with Gasteiger partial charge in [0.2, 0.25) is 0 Å². The number of halogens is 1. The molecule has 32 valence electrons. The van der Waals surface area contributed by atoms with E-state index < -0.39 is 0 Å². The smallest absolute Gasteiger partial charge is 0.147 e. The fourth-order valence-electron chi connectivity index (χ4n) is 0. The first-order chi connectivity index (χ1) is 0. The van der Waals surface area contributed by atoms with Crippen LogP contribution in [0.1, 0.15) is 0 Å². The fourth-order valence-corrected chi connectivity index (χ4v) is 0. The third-order valence-corrected chi connectivity index (χ3v) is 0. The van der Waals surface area contributed by atoms with E-state index in [-0.39, 0.29) is 28.8 Å². The quantitative estimate of drug-likeness (QED) is 0.327. The molecule has 0 fully saturated rings. The average Bonchev–Trinajstić information content (AvgIpc) is 0. The molecular weight excluding hydrogens is 83.5 g/mol. The van der Waals surface area contributed by atoms with Gasteiger partial charge in [-0.2, -0.15) is 0 Å². The molecule has 6 N–H and O–H groups in total. The van der Waals surface area contributed by atoms with Crippen molar-refractivity contribution in [2.75, 3.05) is 0 Å². The van der Waals surface area contributed by atoms with Crippen LogP contribution in [0.15, 0.2) is 0 Å². The van der Waals surface area contributed by atoms with Crippen molar-refractivity contribution in [1.82, 2.24) is 0 Å². The summed E-state index contributed by atoms with van der Waals surface area (Å²) in [5, 5.41) is 0. The molecule has 0 aliphatic heterocycles. The Bertz CT molecular complexity index is 3.25. The van der Waals surface area contributed by atoms with Gasteiger partial charge in [0.05, 0.1) is 0 Å². The number of rotatable bonds is 0. The first kappa shape index (κ1) is 1450. The summed E-state index contributed by atoms with van der Waals surface area (Å²) in [6.07, 6.45) is 0. The zero-order valence-electron chi connectivity index (χ0n) is 1.91. The number of hydrogen-bond donors (Lipinski definition) is 0. The molecule has 0 aromatic rings. The van der Waals surface area contributed by atoms with Crippen molar-refractivity contribution in [3.05, 3.63) is 0 Å². The van der Waals surface area contributed by atoms with Crippen molar-refractivity contribution < 1.29 is 16.4 Å². The van der Waals surface area contributed by atoms with Crippen molar-refractivity contribution in [3.8, 4) is 0 Å². The van der Waals surface area contributed by atoms with Gasteiger partial charge in [0.1, 0.15) is 0 Å². The molecule has 0 aromatic carbocycles. The Morgan fingerprint density at radius 3 is 0.500 bits per heavy atom. The Morgan fingerprint density at radius 1 is 0.500 bits per heavy atom. The summed E-state index contributed by atoms with van der Waals surface area (Å²) in [6, 6.07) is 0. The fraction of sp³-hybridized carbons (Fsp3) is 0. The maximum atomic E-state index is 0. The van der Waals surface area contributed by atoms with Crippen LogP contribution in [0.25, 0.3) is 0 Å². The maximum absolute atomic E-state index is 0. The van der Waals surface area contributed by atoms with Gasteiger partial charge in [0.15, 0.2) is 0 Å². The lowest BCUT2D eigenvalue weighted by molar-refractivity contribution is 0.823. The minimum absolute atomic E-state index is 0. The second kappa shape index (κ2) is 517. The third-order valence-electron chi connectivity index (χ3n) is 0. The predicted octanol–water partition coefficient (Wildman–Crippen LogP) is -2.05. The van der Waals surface area contributed by atoms with E-state index >= 15 is 0 Å². The van der Waals surface area contributed by atoms with Crippen LogP contribution in [0.2, 0.25) is 0 Å². The Kier molecular flexibility index (Phi) is 187000. The molecule has 0 amide bonds. The second-order valence-corrected chi connectivity index (χ2v) is 0. The van der Waals surface area contributed by atoms with Crippen molar-refractivity contribution in [3.63, 3.8) is 0 Å². The number of hydrogen-bond acceptors (Lipinski definition) is 0. The molecule has 0 aromatic heterocycles. The Labute approximate surface area is 30.0 Å². The summed E-state index contributed by atoms with van der Waals surface area (Å²) >= 11 is 0. The van der Waals surface area contributed by atoms with E-state index in [4.69, 9.17) is 0 Å². The molecule has 0 saturated carbocycles. The van der Waals surface area contributed by atoms with Gasteiger partial charge in [-0.15, -0.1) is 12.4 Å². The monoisotopic (exact) mass is 90.0 g/mol.